The normalized spacial score (nSPS) is 15.3. The third-order valence-electron chi connectivity index (χ3n) is 2.64. The van der Waals surface area contributed by atoms with Gasteiger partial charge in [-0.25, -0.2) is 9.36 Å². The van der Waals surface area contributed by atoms with Crippen LogP contribution in [-0.4, -0.2) is 24.4 Å². The molecule has 0 saturated heterocycles. The van der Waals surface area contributed by atoms with E-state index in [2.05, 4.69) is 9.97 Å². The fourth-order valence-electron chi connectivity index (χ4n) is 1.81. The molecule has 0 amide bonds. The summed E-state index contributed by atoms with van der Waals surface area (Å²) in [6, 6.07) is -0.0575. The molecule has 1 aliphatic rings. The summed E-state index contributed by atoms with van der Waals surface area (Å²) in [6.07, 6.45) is 1.56. The Morgan fingerprint density at radius 1 is 1.35 bits per heavy atom. The molecule has 0 radical (unpaired) electrons. The highest BCUT2D eigenvalue weighted by Crippen LogP contribution is 2.39. The van der Waals surface area contributed by atoms with Gasteiger partial charge in [0.1, 0.15) is 0 Å². The Bertz CT molecular complexity index is 734. The number of H-pyrrole nitrogens is 2. The predicted molar refractivity (Wildman–Crippen MR) is 55.9 cm³/mol. The molecular weight excluding hydrogens is 230 g/mol. The lowest BCUT2D eigenvalue weighted by Crippen LogP contribution is -2.22. The number of aromatic nitrogens is 4. The maximum Gasteiger partial charge on any atom is 0.437 e. The van der Waals surface area contributed by atoms with E-state index in [1.54, 1.807) is 0 Å². The number of imidazole rings is 1. The number of fused-ring (bicyclic) bond motifs is 1. The molecule has 0 bridgehead atoms. The standard InChI is InChI=1S/C8H7N5O4/c14-6-4-5(10-7(15)11-6)12(3-1-2-3)8(9-4)13(16)17/h3H,1-2H2,(H2,10,11,14,15). The van der Waals surface area contributed by atoms with Gasteiger partial charge in [0.25, 0.3) is 11.1 Å². The molecule has 0 atom stereocenters. The molecule has 2 heterocycles. The van der Waals surface area contributed by atoms with Crippen molar-refractivity contribution in [1.29, 1.82) is 0 Å². The summed E-state index contributed by atoms with van der Waals surface area (Å²) in [5.41, 5.74) is -1.40. The van der Waals surface area contributed by atoms with E-state index >= 15 is 0 Å². The van der Waals surface area contributed by atoms with Gasteiger partial charge in [0.05, 0.1) is 6.04 Å². The van der Waals surface area contributed by atoms with Crippen LogP contribution in [0.2, 0.25) is 0 Å². The molecule has 9 heteroatoms. The maximum atomic E-state index is 11.5. The molecule has 2 N–H and O–H groups in total. The van der Waals surface area contributed by atoms with Crippen molar-refractivity contribution >= 4 is 17.1 Å². The summed E-state index contributed by atoms with van der Waals surface area (Å²) in [6.45, 7) is 0. The largest absolute Gasteiger partial charge is 0.437 e. The van der Waals surface area contributed by atoms with E-state index in [0.29, 0.717) is 0 Å². The highest BCUT2D eigenvalue weighted by molar-refractivity contribution is 5.72. The predicted octanol–water partition coefficient (Wildman–Crippen LogP) is -0.344. The number of nitro groups is 1. The van der Waals surface area contributed by atoms with Crippen molar-refractivity contribution < 1.29 is 4.92 Å². The summed E-state index contributed by atoms with van der Waals surface area (Å²) >= 11 is 0. The maximum absolute atomic E-state index is 11.5. The molecule has 0 unspecified atom stereocenters. The van der Waals surface area contributed by atoms with E-state index in [4.69, 9.17) is 0 Å². The number of hydrogen-bond donors (Lipinski definition) is 2. The second-order valence-electron chi connectivity index (χ2n) is 3.88. The van der Waals surface area contributed by atoms with Gasteiger partial charge in [0, 0.05) is 0 Å². The minimum Gasteiger partial charge on any atom is -0.390 e. The zero-order valence-corrected chi connectivity index (χ0v) is 8.47. The number of aromatic amines is 2. The van der Waals surface area contributed by atoms with Crippen molar-refractivity contribution in [3.05, 3.63) is 31.0 Å². The Kier molecular flexibility index (Phi) is 1.74. The van der Waals surface area contributed by atoms with Crippen molar-refractivity contribution in [2.24, 2.45) is 0 Å². The zero-order valence-electron chi connectivity index (χ0n) is 8.47. The summed E-state index contributed by atoms with van der Waals surface area (Å²) in [7, 11) is 0. The summed E-state index contributed by atoms with van der Waals surface area (Å²) in [4.78, 5) is 40.8. The van der Waals surface area contributed by atoms with E-state index < -0.39 is 22.1 Å². The minimum absolute atomic E-state index is 0.0575. The summed E-state index contributed by atoms with van der Waals surface area (Å²) in [5.74, 6) is -0.408. The molecule has 1 aliphatic carbocycles. The number of nitrogens with zero attached hydrogens (tertiary/aromatic N) is 3. The highest BCUT2D eigenvalue weighted by atomic mass is 16.6. The Labute approximate surface area is 92.3 Å². The van der Waals surface area contributed by atoms with Gasteiger partial charge in [-0.15, -0.1) is 0 Å². The first kappa shape index (κ1) is 9.75. The minimum atomic E-state index is -0.716. The van der Waals surface area contributed by atoms with Crippen molar-refractivity contribution in [2.45, 2.75) is 18.9 Å². The van der Waals surface area contributed by atoms with Crippen LogP contribution in [0.4, 0.5) is 5.95 Å². The van der Waals surface area contributed by atoms with Crippen LogP contribution in [0, 0.1) is 10.1 Å². The van der Waals surface area contributed by atoms with Crippen molar-refractivity contribution in [3.8, 4) is 0 Å². The molecule has 0 aliphatic heterocycles. The number of hydrogen-bond acceptors (Lipinski definition) is 5. The van der Waals surface area contributed by atoms with Crippen molar-refractivity contribution in [3.63, 3.8) is 0 Å². The highest BCUT2D eigenvalue weighted by Gasteiger charge is 2.36. The van der Waals surface area contributed by atoms with E-state index in [1.807, 2.05) is 4.98 Å². The van der Waals surface area contributed by atoms with Crippen LogP contribution in [-0.2, 0) is 0 Å². The molecule has 88 valence electrons. The lowest BCUT2D eigenvalue weighted by Gasteiger charge is -1.98. The lowest BCUT2D eigenvalue weighted by atomic mass is 10.5. The topological polar surface area (TPSA) is 127 Å². The fourth-order valence-corrected chi connectivity index (χ4v) is 1.81. The Morgan fingerprint density at radius 2 is 2.06 bits per heavy atom. The molecule has 2 aromatic heterocycles. The van der Waals surface area contributed by atoms with Gasteiger partial charge in [-0.2, -0.15) is 0 Å². The molecule has 17 heavy (non-hydrogen) atoms. The van der Waals surface area contributed by atoms with Gasteiger partial charge in [-0.05, 0) is 17.8 Å². The molecule has 3 rings (SSSR count). The molecule has 0 spiro atoms. The first-order chi connectivity index (χ1) is 8.08. The van der Waals surface area contributed by atoms with Crippen LogP contribution in [0.15, 0.2) is 9.59 Å². The third kappa shape index (κ3) is 1.35. The van der Waals surface area contributed by atoms with Crippen LogP contribution in [0.1, 0.15) is 18.9 Å². The van der Waals surface area contributed by atoms with Gasteiger partial charge in [-0.3, -0.25) is 14.8 Å². The van der Waals surface area contributed by atoms with Crippen LogP contribution in [0.25, 0.3) is 11.2 Å². The average molecular weight is 237 g/mol. The van der Waals surface area contributed by atoms with Crippen LogP contribution < -0.4 is 11.2 Å². The quantitative estimate of drug-likeness (QED) is 0.545. The molecule has 0 aromatic carbocycles. The molecule has 9 nitrogen and oxygen atoms in total. The van der Waals surface area contributed by atoms with Gasteiger partial charge in [0.15, 0.2) is 0 Å². The Hall–Kier alpha value is -2.45. The van der Waals surface area contributed by atoms with Crippen LogP contribution in [0.5, 0.6) is 0 Å². The van der Waals surface area contributed by atoms with E-state index in [-0.39, 0.29) is 17.2 Å². The van der Waals surface area contributed by atoms with E-state index in [9.17, 15) is 19.7 Å². The monoisotopic (exact) mass is 237 g/mol. The number of rotatable bonds is 2. The second kappa shape index (κ2) is 3.03. The smallest absolute Gasteiger partial charge is 0.390 e. The van der Waals surface area contributed by atoms with Gasteiger partial charge >= 0.3 is 11.6 Å². The van der Waals surface area contributed by atoms with Crippen LogP contribution >= 0.6 is 0 Å². The fraction of sp³-hybridized carbons (Fsp3) is 0.375. The zero-order chi connectivity index (χ0) is 12.2. The first-order valence-corrected chi connectivity index (χ1v) is 4.97. The Morgan fingerprint density at radius 3 is 2.65 bits per heavy atom. The lowest BCUT2D eigenvalue weighted by molar-refractivity contribution is -0.396. The number of nitrogens with one attached hydrogen (secondary N) is 2. The molecule has 1 saturated carbocycles. The third-order valence-corrected chi connectivity index (χ3v) is 2.64. The van der Waals surface area contributed by atoms with Gasteiger partial charge in [-0.1, -0.05) is 4.98 Å². The molecular formula is C8H7N5O4. The van der Waals surface area contributed by atoms with Crippen molar-refractivity contribution in [2.75, 3.05) is 0 Å². The first-order valence-electron chi connectivity index (χ1n) is 4.97. The van der Waals surface area contributed by atoms with E-state index in [0.717, 1.165) is 12.8 Å². The van der Waals surface area contributed by atoms with E-state index in [1.165, 1.54) is 4.57 Å². The van der Waals surface area contributed by atoms with Crippen molar-refractivity contribution in [1.82, 2.24) is 19.5 Å². The second-order valence-corrected chi connectivity index (χ2v) is 3.88. The summed E-state index contributed by atoms with van der Waals surface area (Å²) < 4.78 is 1.31. The average Bonchev–Trinajstić information content (AvgIpc) is 2.99. The molecule has 1 fully saturated rings. The summed E-state index contributed by atoms with van der Waals surface area (Å²) in [5, 5.41) is 10.8. The Balaban J connectivity index is 2.47. The molecule has 2 aromatic rings. The SMILES string of the molecule is O=c1[nH]c(=O)c2nc([N+](=O)[O-])n(C3CC3)c2[nH]1. The van der Waals surface area contributed by atoms with Gasteiger partial charge < -0.3 is 10.1 Å². The van der Waals surface area contributed by atoms with Gasteiger partial charge in [0.2, 0.25) is 5.65 Å². The van der Waals surface area contributed by atoms with Crippen LogP contribution in [0.3, 0.4) is 0 Å².